The van der Waals surface area contributed by atoms with E-state index in [1.54, 1.807) is 24.3 Å². The zero-order valence-electron chi connectivity index (χ0n) is 13.1. The molecular weight excluding hydrogens is 312 g/mol. The molecule has 0 aliphatic heterocycles. The van der Waals surface area contributed by atoms with Crippen molar-refractivity contribution in [1.82, 2.24) is 0 Å². The van der Waals surface area contributed by atoms with Crippen LogP contribution in [-0.2, 0) is 16.1 Å². The molecule has 118 valence electrons. The van der Waals surface area contributed by atoms with Crippen molar-refractivity contribution in [3.8, 4) is 6.07 Å². The second-order valence-electron chi connectivity index (χ2n) is 5.01. The highest BCUT2D eigenvalue weighted by Crippen LogP contribution is 2.33. The number of nitrogens with one attached hydrogen (secondary N) is 1. The Morgan fingerprint density at radius 3 is 2.65 bits per heavy atom. The third-order valence-electron chi connectivity index (χ3n) is 3.38. The molecule has 1 aromatic carbocycles. The Kier molecular flexibility index (Phi) is 5.14. The summed E-state index contributed by atoms with van der Waals surface area (Å²) in [6.45, 7) is 5.10. The molecule has 1 N–H and O–H groups in total. The molecule has 0 fully saturated rings. The molecule has 0 spiro atoms. The highest BCUT2D eigenvalue weighted by atomic mass is 32.1. The van der Waals surface area contributed by atoms with E-state index in [0.717, 1.165) is 10.4 Å². The number of hydrogen-bond acceptors (Lipinski definition) is 5. The second-order valence-corrected chi connectivity index (χ2v) is 6.24. The van der Waals surface area contributed by atoms with E-state index in [0.29, 0.717) is 21.7 Å². The molecule has 0 aliphatic rings. The van der Waals surface area contributed by atoms with E-state index in [4.69, 9.17) is 10.00 Å². The van der Waals surface area contributed by atoms with Gasteiger partial charge in [-0.15, -0.1) is 11.3 Å². The molecule has 1 aromatic heterocycles. The van der Waals surface area contributed by atoms with Crippen molar-refractivity contribution in [2.45, 2.75) is 27.4 Å². The van der Waals surface area contributed by atoms with E-state index in [9.17, 15) is 9.59 Å². The Bertz CT molecular complexity index is 803. The van der Waals surface area contributed by atoms with Gasteiger partial charge >= 0.3 is 5.97 Å². The molecule has 0 aliphatic carbocycles. The molecule has 0 atom stereocenters. The van der Waals surface area contributed by atoms with Crippen LogP contribution in [0.25, 0.3) is 0 Å². The van der Waals surface area contributed by atoms with Gasteiger partial charge in [-0.1, -0.05) is 18.2 Å². The summed E-state index contributed by atoms with van der Waals surface area (Å²) in [6, 6.07) is 9.02. The first-order valence-electron chi connectivity index (χ1n) is 6.96. The van der Waals surface area contributed by atoms with Crippen molar-refractivity contribution in [2.24, 2.45) is 0 Å². The highest BCUT2D eigenvalue weighted by Gasteiger charge is 2.21. The van der Waals surface area contributed by atoms with Gasteiger partial charge in [-0.2, -0.15) is 5.26 Å². The third kappa shape index (κ3) is 3.76. The lowest BCUT2D eigenvalue weighted by atomic mass is 10.1. The number of aryl methyl sites for hydroxylation is 1. The molecule has 0 saturated carbocycles. The van der Waals surface area contributed by atoms with Crippen LogP contribution >= 0.6 is 11.3 Å². The van der Waals surface area contributed by atoms with Crippen LogP contribution in [0.2, 0.25) is 0 Å². The van der Waals surface area contributed by atoms with E-state index in [1.165, 1.54) is 18.3 Å². The third-order valence-corrected chi connectivity index (χ3v) is 4.50. The largest absolute Gasteiger partial charge is 0.457 e. The summed E-state index contributed by atoms with van der Waals surface area (Å²) in [6.07, 6.45) is 0. The maximum Gasteiger partial charge on any atom is 0.341 e. The minimum absolute atomic E-state index is 0.0103. The van der Waals surface area contributed by atoms with Crippen LogP contribution in [-0.4, -0.2) is 11.9 Å². The maximum absolute atomic E-state index is 12.4. The Balaban J connectivity index is 2.21. The predicted octanol–water partition coefficient (Wildman–Crippen LogP) is 3.55. The molecule has 0 bridgehead atoms. The Morgan fingerprint density at radius 2 is 2.00 bits per heavy atom. The predicted molar refractivity (Wildman–Crippen MR) is 88.4 cm³/mol. The lowest BCUT2D eigenvalue weighted by Gasteiger charge is -2.08. The molecule has 0 unspecified atom stereocenters. The van der Waals surface area contributed by atoms with Gasteiger partial charge in [0.1, 0.15) is 11.6 Å². The molecule has 5 nitrogen and oxygen atoms in total. The fourth-order valence-electron chi connectivity index (χ4n) is 2.09. The molecular formula is C17H16N2O3S. The van der Waals surface area contributed by atoms with E-state index in [2.05, 4.69) is 11.4 Å². The van der Waals surface area contributed by atoms with Crippen LogP contribution < -0.4 is 5.32 Å². The fraction of sp³-hybridized carbons (Fsp3) is 0.235. The summed E-state index contributed by atoms with van der Waals surface area (Å²) in [5, 5.41) is 12.2. The van der Waals surface area contributed by atoms with E-state index >= 15 is 0 Å². The Morgan fingerprint density at radius 1 is 1.30 bits per heavy atom. The van der Waals surface area contributed by atoms with Crippen molar-refractivity contribution in [3.05, 3.63) is 51.4 Å². The number of benzene rings is 1. The second kappa shape index (κ2) is 7.07. The smallest absolute Gasteiger partial charge is 0.341 e. The van der Waals surface area contributed by atoms with Crippen molar-refractivity contribution >= 4 is 28.2 Å². The minimum Gasteiger partial charge on any atom is -0.457 e. The molecule has 2 rings (SSSR count). The SMILES string of the molecule is CC(=O)Nc1sc(C)c(C)c1C(=O)OCc1ccccc1C#N. The maximum atomic E-state index is 12.4. The van der Waals surface area contributed by atoms with Gasteiger partial charge in [-0.25, -0.2) is 4.79 Å². The van der Waals surface area contributed by atoms with Gasteiger partial charge in [0, 0.05) is 17.4 Å². The van der Waals surface area contributed by atoms with Crippen molar-refractivity contribution in [3.63, 3.8) is 0 Å². The number of anilines is 1. The molecule has 1 amide bonds. The normalized spacial score (nSPS) is 10.0. The lowest BCUT2D eigenvalue weighted by molar-refractivity contribution is -0.114. The van der Waals surface area contributed by atoms with Crippen LogP contribution in [0.3, 0.4) is 0 Å². The number of nitrogens with zero attached hydrogens (tertiary/aromatic N) is 1. The number of amides is 1. The van der Waals surface area contributed by atoms with Crippen molar-refractivity contribution < 1.29 is 14.3 Å². The van der Waals surface area contributed by atoms with Crippen molar-refractivity contribution in [1.29, 1.82) is 5.26 Å². The van der Waals surface area contributed by atoms with E-state index in [-0.39, 0.29) is 12.5 Å². The number of rotatable bonds is 4. The molecule has 6 heteroatoms. The zero-order valence-corrected chi connectivity index (χ0v) is 13.9. The number of carbonyl (C=O) groups excluding carboxylic acids is 2. The minimum atomic E-state index is -0.511. The van der Waals surface area contributed by atoms with Gasteiger partial charge in [-0.05, 0) is 25.5 Å². The standard InChI is InChI=1S/C17H16N2O3S/c1-10-11(2)23-16(19-12(3)20)15(10)17(21)22-9-14-7-5-4-6-13(14)8-18/h4-7H,9H2,1-3H3,(H,19,20). The number of nitriles is 1. The summed E-state index contributed by atoms with van der Waals surface area (Å²) < 4.78 is 5.34. The summed E-state index contributed by atoms with van der Waals surface area (Å²) in [7, 11) is 0. The monoisotopic (exact) mass is 328 g/mol. The van der Waals surface area contributed by atoms with Crippen LogP contribution in [0, 0.1) is 25.2 Å². The first-order chi connectivity index (χ1) is 10.9. The van der Waals surface area contributed by atoms with Crippen LogP contribution in [0.4, 0.5) is 5.00 Å². The summed E-state index contributed by atoms with van der Waals surface area (Å²) in [5.41, 5.74) is 2.28. The molecule has 2 aromatic rings. The van der Waals surface area contributed by atoms with Gasteiger partial charge in [0.15, 0.2) is 0 Å². The average Bonchev–Trinajstić information content (AvgIpc) is 2.79. The summed E-state index contributed by atoms with van der Waals surface area (Å²) >= 11 is 1.34. The van der Waals surface area contributed by atoms with E-state index < -0.39 is 5.97 Å². The van der Waals surface area contributed by atoms with Gasteiger partial charge in [0.05, 0.1) is 17.2 Å². The van der Waals surface area contributed by atoms with Crippen LogP contribution in [0.5, 0.6) is 0 Å². The van der Waals surface area contributed by atoms with Crippen molar-refractivity contribution in [2.75, 3.05) is 5.32 Å². The molecule has 0 radical (unpaired) electrons. The first kappa shape index (κ1) is 16.7. The lowest BCUT2D eigenvalue weighted by Crippen LogP contribution is -2.12. The Labute approximate surface area is 138 Å². The summed E-state index contributed by atoms with van der Waals surface area (Å²) in [4.78, 5) is 24.6. The van der Waals surface area contributed by atoms with Crippen LogP contribution in [0.1, 0.15) is 38.8 Å². The number of carbonyl (C=O) groups is 2. The number of ether oxygens (including phenoxy) is 1. The summed E-state index contributed by atoms with van der Waals surface area (Å²) in [5.74, 6) is -0.751. The van der Waals surface area contributed by atoms with Gasteiger partial charge in [-0.3, -0.25) is 4.79 Å². The number of thiophene rings is 1. The van der Waals surface area contributed by atoms with Gasteiger partial charge in [0.2, 0.25) is 5.91 Å². The number of hydrogen-bond donors (Lipinski definition) is 1. The Hall–Kier alpha value is -2.65. The highest BCUT2D eigenvalue weighted by molar-refractivity contribution is 7.16. The average molecular weight is 328 g/mol. The molecule has 0 saturated heterocycles. The topological polar surface area (TPSA) is 79.2 Å². The molecule has 23 heavy (non-hydrogen) atoms. The quantitative estimate of drug-likeness (QED) is 0.870. The van der Waals surface area contributed by atoms with Gasteiger partial charge < -0.3 is 10.1 Å². The molecule has 1 heterocycles. The zero-order chi connectivity index (χ0) is 17.0. The fourth-order valence-corrected chi connectivity index (χ4v) is 3.19. The van der Waals surface area contributed by atoms with Gasteiger partial charge in [0.25, 0.3) is 0 Å². The first-order valence-corrected chi connectivity index (χ1v) is 7.78. The van der Waals surface area contributed by atoms with E-state index in [1.807, 2.05) is 13.8 Å². The number of esters is 1. The van der Waals surface area contributed by atoms with Crippen LogP contribution in [0.15, 0.2) is 24.3 Å².